The van der Waals surface area contributed by atoms with Crippen molar-refractivity contribution < 1.29 is 14.6 Å². The van der Waals surface area contributed by atoms with E-state index in [0.29, 0.717) is 12.2 Å². The molecule has 0 radical (unpaired) electrons. The van der Waals surface area contributed by atoms with Crippen LogP contribution in [0.15, 0.2) is 53.7 Å². The summed E-state index contributed by atoms with van der Waals surface area (Å²) in [5.41, 5.74) is 0.964. The van der Waals surface area contributed by atoms with Gasteiger partial charge in [-0.3, -0.25) is 4.99 Å². The second-order valence-electron chi connectivity index (χ2n) is 7.47. The van der Waals surface area contributed by atoms with Crippen LogP contribution in [0.1, 0.15) is 23.2 Å². The van der Waals surface area contributed by atoms with Crippen molar-refractivity contribution >= 4 is 23.4 Å². The van der Waals surface area contributed by atoms with Crippen LogP contribution in [-0.4, -0.2) is 72.4 Å². The predicted molar refractivity (Wildman–Crippen MR) is 116 cm³/mol. The molecule has 2 N–H and O–H groups in total. The highest BCUT2D eigenvalue weighted by atomic mass is 16.5. The average molecular weight is 409 g/mol. The van der Waals surface area contributed by atoms with Gasteiger partial charge in [0, 0.05) is 44.7 Å². The molecule has 1 aromatic heterocycles. The van der Waals surface area contributed by atoms with E-state index in [0.717, 1.165) is 57.4 Å². The number of hydrogen-bond donors (Lipinski definition) is 2. The van der Waals surface area contributed by atoms with Gasteiger partial charge in [-0.25, -0.2) is 9.78 Å². The number of carboxylic acid groups (broad SMARTS) is 1. The molecule has 2 aromatic rings. The molecular formula is C22H27N5O3. The van der Waals surface area contributed by atoms with Crippen LogP contribution in [0, 0.1) is 0 Å². The Morgan fingerprint density at radius 3 is 2.77 bits per heavy atom. The van der Waals surface area contributed by atoms with Crippen molar-refractivity contribution in [1.82, 2.24) is 9.88 Å². The highest BCUT2D eigenvalue weighted by Crippen LogP contribution is 2.17. The van der Waals surface area contributed by atoms with Crippen molar-refractivity contribution in [1.29, 1.82) is 0 Å². The Balaban J connectivity index is 1.47. The van der Waals surface area contributed by atoms with Crippen LogP contribution >= 0.6 is 0 Å². The Kier molecular flexibility index (Phi) is 6.44. The summed E-state index contributed by atoms with van der Waals surface area (Å²) in [6, 6.07) is 12.8. The third-order valence-corrected chi connectivity index (χ3v) is 5.39. The van der Waals surface area contributed by atoms with E-state index in [2.05, 4.69) is 20.1 Å². The number of guanidine groups is 1. The first-order valence-electron chi connectivity index (χ1n) is 10.4. The number of nitrogens with one attached hydrogen (secondary N) is 1. The number of hydrogen-bond acceptors (Lipinski definition) is 5. The number of pyridine rings is 1. The lowest BCUT2D eigenvalue weighted by molar-refractivity contribution is 0.0697. The number of carbonyl (C=O) groups is 1. The first-order valence-corrected chi connectivity index (χ1v) is 10.4. The lowest BCUT2D eigenvalue weighted by atomic mass is 10.2. The van der Waals surface area contributed by atoms with E-state index < -0.39 is 5.97 Å². The molecule has 0 unspecified atom stereocenters. The summed E-state index contributed by atoms with van der Waals surface area (Å²) in [6.07, 6.45) is 4.07. The SMILES string of the molecule is O=C(O)c1cccc(NC(=NC[C@H]2CCCO2)N2CCN(c3ccccn3)CC2)c1. The molecular weight excluding hydrogens is 382 g/mol. The molecule has 30 heavy (non-hydrogen) atoms. The quantitative estimate of drug-likeness (QED) is 0.579. The minimum atomic E-state index is -0.944. The maximum absolute atomic E-state index is 11.3. The Morgan fingerprint density at radius 2 is 2.07 bits per heavy atom. The molecule has 1 atom stereocenters. The first-order chi connectivity index (χ1) is 14.7. The van der Waals surface area contributed by atoms with Crippen LogP contribution in [-0.2, 0) is 4.74 Å². The molecule has 4 rings (SSSR count). The first kappa shape index (κ1) is 20.2. The Hall–Kier alpha value is -3.13. The van der Waals surface area contributed by atoms with Gasteiger partial charge >= 0.3 is 5.97 Å². The van der Waals surface area contributed by atoms with Crippen LogP contribution in [0.3, 0.4) is 0 Å². The van der Waals surface area contributed by atoms with E-state index in [1.807, 2.05) is 30.5 Å². The predicted octanol–water partition coefficient (Wildman–Crippen LogP) is 2.55. The molecule has 0 amide bonds. The fourth-order valence-electron chi connectivity index (χ4n) is 3.74. The van der Waals surface area contributed by atoms with Gasteiger partial charge in [0.1, 0.15) is 5.82 Å². The van der Waals surface area contributed by atoms with Crippen molar-refractivity contribution in [3.8, 4) is 0 Å². The average Bonchev–Trinajstić information content (AvgIpc) is 3.31. The van der Waals surface area contributed by atoms with Gasteiger partial charge in [0.25, 0.3) is 0 Å². The maximum Gasteiger partial charge on any atom is 0.335 e. The molecule has 8 heteroatoms. The number of anilines is 2. The largest absolute Gasteiger partial charge is 0.478 e. The summed E-state index contributed by atoms with van der Waals surface area (Å²) in [4.78, 5) is 25.1. The monoisotopic (exact) mass is 409 g/mol. The fraction of sp³-hybridized carbons (Fsp3) is 0.409. The van der Waals surface area contributed by atoms with Crippen molar-refractivity contribution in [2.24, 2.45) is 4.99 Å². The zero-order chi connectivity index (χ0) is 20.8. The van der Waals surface area contributed by atoms with E-state index in [-0.39, 0.29) is 11.7 Å². The lowest BCUT2D eigenvalue weighted by Gasteiger charge is -2.37. The van der Waals surface area contributed by atoms with Crippen molar-refractivity contribution in [2.45, 2.75) is 18.9 Å². The fourth-order valence-corrected chi connectivity index (χ4v) is 3.74. The number of benzene rings is 1. The van der Waals surface area contributed by atoms with Gasteiger partial charge in [-0.15, -0.1) is 0 Å². The summed E-state index contributed by atoms with van der Waals surface area (Å²) in [5.74, 6) is 0.797. The van der Waals surface area contributed by atoms with Gasteiger partial charge in [-0.2, -0.15) is 0 Å². The molecule has 0 bridgehead atoms. The second kappa shape index (κ2) is 9.58. The molecule has 2 fully saturated rings. The van der Waals surface area contributed by atoms with Crippen LogP contribution < -0.4 is 10.2 Å². The van der Waals surface area contributed by atoms with Crippen LogP contribution in [0.2, 0.25) is 0 Å². The van der Waals surface area contributed by atoms with Crippen LogP contribution in [0.25, 0.3) is 0 Å². The van der Waals surface area contributed by atoms with E-state index >= 15 is 0 Å². The number of rotatable bonds is 5. The molecule has 0 saturated carbocycles. The summed E-state index contributed by atoms with van der Waals surface area (Å²) >= 11 is 0. The van der Waals surface area contributed by atoms with Crippen molar-refractivity contribution in [3.05, 3.63) is 54.2 Å². The highest BCUT2D eigenvalue weighted by molar-refractivity contribution is 5.96. The standard InChI is InChI=1S/C22H27N5O3/c28-21(29)17-5-3-6-18(15-17)25-22(24-16-19-7-4-14-30-19)27-12-10-26(11-13-27)20-8-1-2-9-23-20/h1-3,5-6,8-9,15,19H,4,7,10-14,16H2,(H,24,25)(H,28,29)/t19-/m1/s1. The highest BCUT2D eigenvalue weighted by Gasteiger charge is 2.22. The van der Waals surface area contributed by atoms with Gasteiger partial charge in [0.2, 0.25) is 0 Å². The van der Waals surface area contributed by atoms with Gasteiger partial charge in [0.05, 0.1) is 18.2 Å². The third-order valence-electron chi connectivity index (χ3n) is 5.39. The third kappa shape index (κ3) is 5.07. The molecule has 158 valence electrons. The molecule has 0 spiro atoms. The molecule has 8 nitrogen and oxygen atoms in total. The van der Waals surface area contributed by atoms with E-state index in [9.17, 15) is 9.90 Å². The summed E-state index contributed by atoms with van der Waals surface area (Å²) in [6.45, 7) is 4.67. The number of aromatic carboxylic acids is 1. The number of piperazine rings is 1. The number of nitrogens with zero attached hydrogens (tertiary/aromatic N) is 4. The van der Waals surface area contributed by atoms with Crippen molar-refractivity contribution in [3.63, 3.8) is 0 Å². The van der Waals surface area contributed by atoms with Gasteiger partial charge in [-0.1, -0.05) is 12.1 Å². The maximum atomic E-state index is 11.3. The summed E-state index contributed by atoms with van der Waals surface area (Å²) in [5, 5.41) is 12.6. The topological polar surface area (TPSA) is 90.3 Å². The summed E-state index contributed by atoms with van der Waals surface area (Å²) < 4.78 is 5.72. The van der Waals surface area contributed by atoms with Crippen molar-refractivity contribution in [2.75, 3.05) is 49.5 Å². The molecule has 1 aromatic carbocycles. The summed E-state index contributed by atoms with van der Waals surface area (Å²) in [7, 11) is 0. The molecule has 2 aliphatic heterocycles. The van der Waals surface area contributed by atoms with Gasteiger partial charge < -0.3 is 25.0 Å². The van der Waals surface area contributed by atoms with Crippen LogP contribution in [0.4, 0.5) is 11.5 Å². The molecule has 0 aliphatic carbocycles. The minimum Gasteiger partial charge on any atom is -0.478 e. The number of carboxylic acids is 1. The van der Waals surface area contributed by atoms with Gasteiger partial charge in [-0.05, 0) is 43.2 Å². The van der Waals surface area contributed by atoms with Crippen LogP contribution in [0.5, 0.6) is 0 Å². The lowest BCUT2D eigenvalue weighted by Crippen LogP contribution is -2.51. The molecule has 2 saturated heterocycles. The minimum absolute atomic E-state index is 0.155. The van der Waals surface area contributed by atoms with Gasteiger partial charge in [0.15, 0.2) is 5.96 Å². The molecule has 2 aliphatic rings. The Bertz CT molecular complexity index is 875. The Labute approximate surface area is 176 Å². The smallest absolute Gasteiger partial charge is 0.335 e. The van der Waals surface area contributed by atoms with E-state index in [1.54, 1.807) is 18.2 Å². The zero-order valence-electron chi connectivity index (χ0n) is 16.9. The normalized spacial score (nSPS) is 19.7. The number of aliphatic imine (C=N–C) groups is 1. The van der Waals surface area contributed by atoms with E-state index in [1.165, 1.54) is 0 Å². The molecule has 3 heterocycles. The second-order valence-corrected chi connectivity index (χ2v) is 7.47. The number of ether oxygens (including phenoxy) is 1. The Morgan fingerprint density at radius 1 is 1.20 bits per heavy atom. The number of aromatic nitrogens is 1. The zero-order valence-corrected chi connectivity index (χ0v) is 16.9. The van der Waals surface area contributed by atoms with E-state index in [4.69, 9.17) is 9.73 Å².